The number of rotatable bonds is 2. The van der Waals surface area contributed by atoms with Crippen LogP contribution < -0.4 is 11.1 Å². The molecule has 0 saturated heterocycles. The lowest BCUT2D eigenvalue weighted by molar-refractivity contribution is 0.508. The number of nitrogens with one attached hydrogen (secondary N) is 1. The van der Waals surface area contributed by atoms with E-state index in [9.17, 15) is 4.39 Å². The summed E-state index contributed by atoms with van der Waals surface area (Å²) in [6, 6.07) is 5.05. The highest BCUT2D eigenvalue weighted by atomic mass is 127. The van der Waals surface area contributed by atoms with Crippen molar-refractivity contribution in [1.29, 1.82) is 0 Å². The van der Waals surface area contributed by atoms with E-state index in [1.807, 2.05) is 26.8 Å². The van der Waals surface area contributed by atoms with E-state index < -0.39 is 0 Å². The Hall–Kier alpha value is -0.560. The van der Waals surface area contributed by atoms with Crippen LogP contribution in [0.4, 0.5) is 4.39 Å². The molecule has 1 fully saturated rings. The van der Waals surface area contributed by atoms with E-state index in [1.54, 1.807) is 6.07 Å². The highest BCUT2D eigenvalue weighted by molar-refractivity contribution is 14.0. The Morgan fingerprint density at radius 3 is 2.65 bits per heavy atom. The van der Waals surface area contributed by atoms with Crippen LogP contribution in [0.5, 0.6) is 0 Å². The molecule has 112 valence electrons. The van der Waals surface area contributed by atoms with Crippen LogP contribution in [-0.4, -0.2) is 17.5 Å². The van der Waals surface area contributed by atoms with Gasteiger partial charge in [-0.2, -0.15) is 0 Å². The number of nitrogens with zero attached hydrogens (tertiary/aromatic N) is 1. The first-order valence-electron chi connectivity index (χ1n) is 6.32. The second kappa shape index (κ2) is 6.47. The maximum absolute atomic E-state index is 13.4. The first-order valence-corrected chi connectivity index (χ1v) is 6.70. The Balaban J connectivity index is 0.00000200. The summed E-state index contributed by atoms with van der Waals surface area (Å²) >= 11 is 5.67. The lowest BCUT2D eigenvalue weighted by Gasteiger charge is -2.21. The van der Waals surface area contributed by atoms with Gasteiger partial charge in [-0.1, -0.05) is 17.7 Å². The first-order chi connectivity index (χ1) is 8.76. The van der Waals surface area contributed by atoms with Gasteiger partial charge in [0.1, 0.15) is 5.82 Å². The summed E-state index contributed by atoms with van der Waals surface area (Å²) in [6.07, 6.45) is 0.896. The lowest BCUT2D eigenvalue weighted by atomic mass is 10.1. The zero-order valence-electron chi connectivity index (χ0n) is 11.8. The highest BCUT2D eigenvalue weighted by Crippen LogP contribution is 2.44. The fourth-order valence-corrected chi connectivity index (χ4v) is 2.14. The number of benzene rings is 1. The fraction of sp³-hybridized carbons (Fsp3) is 0.500. The molecule has 0 spiro atoms. The Morgan fingerprint density at radius 2 is 2.10 bits per heavy atom. The van der Waals surface area contributed by atoms with Crippen LogP contribution in [0.3, 0.4) is 0 Å². The molecule has 1 aliphatic rings. The van der Waals surface area contributed by atoms with E-state index in [-0.39, 0.29) is 52.3 Å². The minimum atomic E-state index is -0.380. The smallest absolute Gasteiger partial charge is 0.189 e. The van der Waals surface area contributed by atoms with E-state index in [2.05, 4.69) is 10.3 Å². The zero-order chi connectivity index (χ0) is 14.2. The van der Waals surface area contributed by atoms with Gasteiger partial charge in [0, 0.05) is 11.5 Å². The van der Waals surface area contributed by atoms with Crippen LogP contribution in [0.1, 0.15) is 38.7 Å². The van der Waals surface area contributed by atoms with E-state index in [0.29, 0.717) is 5.96 Å². The predicted molar refractivity (Wildman–Crippen MR) is 92.5 cm³/mol. The van der Waals surface area contributed by atoms with Gasteiger partial charge in [-0.25, -0.2) is 9.38 Å². The molecule has 2 rings (SSSR count). The Bertz CT molecular complexity index is 514. The van der Waals surface area contributed by atoms with Gasteiger partial charge < -0.3 is 11.1 Å². The zero-order valence-corrected chi connectivity index (χ0v) is 14.9. The van der Waals surface area contributed by atoms with E-state index >= 15 is 0 Å². The van der Waals surface area contributed by atoms with Crippen molar-refractivity contribution in [1.82, 2.24) is 5.32 Å². The maximum Gasteiger partial charge on any atom is 0.189 e. The van der Waals surface area contributed by atoms with Crippen molar-refractivity contribution in [3.05, 3.63) is 34.6 Å². The number of guanidine groups is 1. The Kier molecular flexibility index (Phi) is 5.66. The molecule has 20 heavy (non-hydrogen) atoms. The van der Waals surface area contributed by atoms with Crippen LogP contribution in [0.2, 0.25) is 5.02 Å². The molecule has 0 amide bonds. The summed E-state index contributed by atoms with van der Waals surface area (Å²) in [4.78, 5) is 4.41. The molecule has 0 radical (unpaired) electrons. The van der Waals surface area contributed by atoms with Crippen LogP contribution in [0, 0.1) is 5.82 Å². The summed E-state index contributed by atoms with van der Waals surface area (Å²) in [5.74, 6) is 0.302. The van der Waals surface area contributed by atoms with Gasteiger partial charge in [-0.3, -0.25) is 0 Å². The summed E-state index contributed by atoms with van der Waals surface area (Å²) < 4.78 is 13.4. The number of hydrogen-bond donors (Lipinski definition) is 2. The SMILES string of the molecule is CC(C)(C)NC(N)=N[C@@H]1C[C@H]1c1ccc(Cl)c(F)c1.I. The Morgan fingerprint density at radius 1 is 1.45 bits per heavy atom. The van der Waals surface area contributed by atoms with Crippen molar-refractivity contribution in [2.24, 2.45) is 10.7 Å². The predicted octanol–water partition coefficient (Wildman–Crippen LogP) is 3.66. The molecule has 0 heterocycles. The normalized spacial score (nSPS) is 22.1. The maximum atomic E-state index is 13.4. The summed E-state index contributed by atoms with van der Waals surface area (Å²) in [5, 5.41) is 3.27. The van der Waals surface area contributed by atoms with Crippen molar-refractivity contribution in [3.8, 4) is 0 Å². The molecule has 1 aromatic carbocycles. The minimum Gasteiger partial charge on any atom is -0.370 e. The summed E-state index contributed by atoms with van der Waals surface area (Å²) in [7, 11) is 0. The van der Waals surface area contributed by atoms with Gasteiger partial charge in [0.05, 0.1) is 11.1 Å². The molecule has 0 bridgehead atoms. The average Bonchev–Trinajstić information content (AvgIpc) is 2.98. The van der Waals surface area contributed by atoms with Gasteiger partial charge in [0.25, 0.3) is 0 Å². The van der Waals surface area contributed by atoms with E-state index in [1.165, 1.54) is 6.07 Å². The molecule has 3 nitrogen and oxygen atoms in total. The summed E-state index contributed by atoms with van der Waals surface area (Å²) in [6.45, 7) is 6.07. The lowest BCUT2D eigenvalue weighted by Crippen LogP contribution is -2.45. The third kappa shape index (κ3) is 4.77. The first kappa shape index (κ1) is 17.5. The molecule has 6 heteroatoms. The number of hydrogen-bond acceptors (Lipinski definition) is 1. The molecule has 2 atom stereocenters. The van der Waals surface area contributed by atoms with Crippen molar-refractivity contribution >= 4 is 41.5 Å². The van der Waals surface area contributed by atoms with Crippen molar-refractivity contribution in [2.45, 2.75) is 44.7 Å². The Labute approximate surface area is 141 Å². The molecular formula is C14H20ClFIN3. The van der Waals surface area contributed by atoms with Crippen LogP contribution in [0.25, 0.3) is 0 Å². The van der Waals surface area contributed by atoms with Gasteiger partial charge >= 0.3 is 0 Å². The molecule has 0 aromatic heterocycles. The van der Waals surface area contributed by atoms with Crippen LogP contribution in [-0.2, 0) is 0 Å². The van der Waals surface area contributed by atoms with Gasteiger partial charge in [0.2, 0.25) is 0 Å². The van der Waals surface area contributed by atoms with Crippen molar-refractivity contribution in [2.75, 3.05) is 0 Å². The van der Waals surface area contributed by atoms with Crippen LogP contribution >= 0.6 is 35.6 Å². The number of nitrogens with two attached hydrogens (primary N) is 1. The highest BCUT2D eigenvalue weighted by Gasteiger charge is 2.39. The largest absolute Gasteiger partial charge is 0.370 e. The molecule has 0 aliphatic heterocycles. The third-order valence-corrected chi connectivity index (χ3v) is 3.24. The van der Waals surface area contributed by atoms with E-state index in [0.717, 1.165) is 12.0 Å². The standard InChI is InChI=1S/C14H19ClFN3.HI/c1-14(2,3)19-13(17)18-12-7-9(12)8-4-5-10(15)11(16)6-8;/h4-6,9,12H,7H2,1-3H3,(H3,17,18,19);1H/t9-,12+;/m0./s1. The minimum absolute atomic E-state index is 0. The molecule has 1 saturated carbocycles. The average molecular weight is 412 g/mol. The fourth-order valence-electron chi connectivity index (χ4n) is 2.02. The second-order valence-corrected chi connectivity index (χ2v) is 6.38. The molecule has 1 aliphatic carbocycles. The molecule has 1 aromatic rings. The molecular weight excluding hydrogens is 392 g/mol. The number of aliphatic imine (C=N–C) groups is 1. The molecule has 3 N–H and O–H groups in total. The third-order valence-electron chi connectivity index (χ3n) is 2.94. The number of halogens is 3. The van der Waals surface area contributed by atoms with Gasteiger partial charge in [0.15, 0.2) is 5.96 Å². The van der Waals surface area contributed by atoms with Crippen molar-refractivity contribution in [3.63, 3.8) is 0 Å². The quantitative estimate of drug-likeness (QED) is 0.443. The summed E-state index contributed by atoms with van der Waals surface area (Å²) in [5.41, 5.74) is 6.66. The van der Waals surface area contributed by atoms with E-state index in [4.69, 9.17) is 17.3 Å². The second-order valence-electron chi connectivity index (χ2n) is 5.97. The van der Waals surface area contributed by atoms with Gasteiger partial charge in [-0.05, 0) is 44.9 Å². The monoisotopic (exact) mass is 411 g/mol. The van der Waals surface area contributed by atoms with Crippen LogP contribution in [0.15, 0.2) is 23.2 Å². The van der Waals surface area contributed by atoms with Crippen molar-refractivity contribution < 1.29 is 4.39 Å². The topological polar surface area (TPSA) is 50.4 Å². The van der Waals surface area contributed by atoms with Gasteiger partial charge in [-0.15, -0.1) is 24.0 Å². The molecule has 0 unspecified atom stereocenters.